The fourth-order valence-electron chi connectivity index (χ4n) is 2.38. The number of hydrogen-bond donors (Lipinski definition) is 1. The summed E-state index contributed by atoms with van der Waals surface area (Å²) in [5.41, 5.74) is 5.64. The molecule has 1 amide bonds. The molecule has 0 spiro atoms. The number of aryl methyl sites for hydroxylation is 1. The second kappa shape index (κ2) is 5.80. The molecule has 3 nitrogen and oxygen atoms in total. The first-order valence-corrected chi connectivity index (χ1v) is 6.64. The minimum Gasteiger partial charge on any atom is -0.267 e. The van der Waals surface area contributed by atoms with Crippen LogP contribution in [-0.4, -0.2) is 11.6 Å². The van der Waals surface area contributed by atoms with Crippen LogP contribution in [0.25, 0.3) is 0 Å². The van der Waals surface area contributed by atoms with Crippen molar-refractivity contribution in [2.45, 2.75) is 39.5 Å². The normalized spacial score (nSPS) is 21.2. The minimum absolute atomic E-state index is 0.121. The molecule has 18 heavy (non-hydrogen) atoms. The van der Waals surface area contributed by atoms with Crippen molar-refractivity contribution in [2.75, 3.05) is 0 Å². The monoisotopic (exact) mass is 244 g/mol. The summed E-state index contributed by atoms with van der Waals surface area (Å²) in [4.78, 5) is 11.9. The predicted molar refractivity (Wildman–Crippen MR) is 73.7 cm³/mol. The Balaban J connectivity index is 1.99. The number of nitrogens with zero attached hydrogens (tertiary/aromatic N) is 1. The fourth-order valence-corrected chi connectivity index (χ4v) is 2.38. The average molecular weight is 244 g/mol. The van der Waals surface area contributed by atoms with Crippen molar-refractivity contribution in [3.63, 3.8) is 0 Å². The molecule has 1 aliphatic rings. The van der Waals surface area contributed by atoms with Gasteiger partial charge in [0, 0.05) is 11.3 Å². The Morgan fingerprint density at radius 1 is 1.39 bits per heavy atom. The van der Waals surface area contributed by atoms with E-state index in [-0.39, 0.29) is 5.91 Å². The van der Waals surface area contributed by atoms with E-state index in [0.717, 1.165) is 24.1 Å². The van der Waals surface area contributed by atoms with Crippen LogP contribution in [0.3, 0.4) is 0 Å². The van der Waals surface area contributed by atoms with E-state index < -0.39 is 0 Å². The second-order valence-electron chi connectivity index (χ2n) is 4.91. The molecule has 3 heteroatoms. The molecule has 0 radical (unpaired) electrons. The maximum Gasteiger partial charge on any atom is 0.271 e. The zero-order valence-electron chi connectivity index (χ0n) is 11.1. The van der Waals surface area contributed by atoms with Crippen molar-refractivity contribution < 1.29 is 4.79 Å². The van der Waals surface area contributed by atoms with E-state index >= 15 is 0 Å². The van der Waals surface area contributed by atoms with Crippen LogP contribution in [-0.2, 0) is 0 Å². The molecule has 0 bridgehead atoms. The third-order valence-corrected chi connectivity index (χ3v) is 3.56. The first-order chi connectivity index (χ1) is 8.70. The van der Waals surface area contributed by atoms with E-state index in [9.17, 15) is 4.79 Å². The lowest BCUT2D eigenvalue weighted by molar-refractivity contribution is 0.0954. The number of amides is 1. The quantitative estimate of drug-likeness (QED) is 0.814. The van der Waals surface area contributed by atoms with Crippen molar-refractivity contribution >= 4 is 11.6 Å². The third kappa shape index (κ3) is 2.97. The highest BCUT2D eigenvalue weighted by Crippen LogP contribution is 2.24. The summed E-state index contributed by atoms with van der Waals surface area (Å²) < 4.78 is 0. The zero-order chi connectivity index (χ0) is 13.0. The van der Waals surface area contributed by atoms with Crippen molar-refractivity contribution in [3.05, 3.63) is 35.4 Å². The van der Waals surface area contributed by atoms with Gasteiger partial charge in [-0.1, -0.05) is 24.6 Å². The zero-order valence-corrected chi connectivity index (χ0v) is 11.1. The predicted octanol–water partition coefficient (Wildman–Crippen LogP) is 3.29. The lowest BCUT2D eigenvalue weighted by Gasteiger charge is -2.07. The highest BCUT2D eigenvalue weighted by atomic mass is 16.2. The molecule has 1 N–H and O–H groups in total. The number of hydrogen-bond acceptors (Lipinski definition) is 2. The highest BCUT2D eigenvalue weighted by Gasteiger charge is 2.20. The van der Waals surface area contributed by atoms with Gasteiger partial charge in [-0.05, 0) is 50.7 Å². The van der Waals surface area contributed by atoms with Crippen LogP contribution in [0.15, 0.2) is 29.4 Å². The molecular formula is C15H20N2O. The van der Waals surface area contributed by atoms with Gasteiger partial charge < -0.3 is 0 Å². The number of hydrazone groups is 1. The van der Waals surface area contributed by atoms with Gasteiger partial charge in [0.05, 0.1) is 0 Å². The molecule has 1 aliphatic carbocycles. The molecule has 0 aliphatic heterocycles. The van der Waals surface area contributed by atoms with Gasteiger partial charge in [0.2, 0.25) is 0 Å². The van der Waals surface area contributed by atoms with Crippen molar-refractivity contribution in [3.8, 4) is 0 Å². The standard InChI is InChI=1S/C15H20N2O/c1-3-12-5-4-6-14(12)16-17-15(18)13-9-7-11(2)8-10-13/h7-10,12H,3-6H2,1-2H3,(H,17,18). The molecule has 2 rings (SSSR count). The lowest BCUT2D eigenvalue weighted by atomic mass is 10.0. The summed E-state index contributed by atoms with van der Waals surface area (Å²) in [5.74, 6) is 0.438. The SMILES string of the molecule is CCC1CCCC1=NNC(=O)c1ccc(C)cc1. The van der Waals surface area contributed by atoms with E-state index in [4.69, 9.17) is 0 Å². The van der Waals surface area contributed by atoms with Crippen LogP contribution >= 0.6 is 0 Å². The van der Waals surface area contributed by atoms with E-state index in [1.807, 2.05) is 31.2 Å². The lowest BCUT2D eigenvalue weighted by Crippen LogP contribution is -2.20. The number of rotatable bonds is 3. The van der Waals surface area contributed by atoms with Crippen molar-refractivity contribution in [1.82, 2.24) is 5.43 Å². The third-order valence-electron chi connectivity index (χ3n) is 3.56. The molecule has 1 aromatic carbocycles. The van der Waals surface area contributed by atoms with Gasteiger partial charge in [0.25, 0.3) is 5.91 Å². The molecule has 1 atom stereocenters. The Labute approximate surface area is 108 Å². The van der Waals surface area contributed by atoms with E-state index in [1.165, 1.54) is 12.8 Å². The average Bonchev–Trinajstić information content (AvgIpc) is 2.84. The van der Waals surface area contributed by atoms with Crippen molar-refractivity contribution in [1.29, 1.82) is 0 Å². The Bertz CT molecular complexity index is 448. The summed E-state index contributed by atoms with van der Waals surface area (Å²) in [7, 11) is 0. The summed E-state index contributed by atoms with van der Waals surface area (Å²) >= 11 is 0. The largest absolute Gasteiger partial charge is 0.271 e. The molecule has 0 saturated heterocycles. The van der Waals surface area contributed by atoms with Crippen LogP contribution in [0.5, 0.6) is 0 Å². The molecule has 0 heterocycles. The maximum absolute atomic E-state index is 11.9. The molecule has 0 aromatic heterocycles. The molecule has 1 fully saturated rings. The van der Waals surface area contributed by atoms with Crippen LogP contribution < -0.4 is 5.43 Å². The molecule has 1 unspecified atom stereocenters. The second-order valence-corrected chi connectivity index (χ2v) is 4.91. The summed E-state index contributed by atoms with van der Waals surface area (Å²) in [6.07, 6.45) is 4.53. The molecule has 1 saturated carbocycles. The van der Waals surface area contributed by atoms with Crippen LogP contribution in [0.1, 0.15) is 48.5 Å². The van der Waals surface area contributed by atoms with E-state index in [2.05, 4.69) is 17.5 Å². The number of benzene rings is 1. The maximum atomic E-state index is 11.9. The number of carbonyl (C=O) groups excluding carboxylic acids is 1. The molecule has 96 valence electrons. The Kier molecular flexibility index (Phi) is 4.13. The van der Waals surface area contributed by atoms with Gasteiger partial charge in [-0.15, -0.1) is 0 Å². The summed E-state index contributed by atoms with van der Waals surface area (Å²) in [5, 5.41) is 4.29. The van der Waals surface area contributed by atoms with Crippen LogP contribution in [0.4, 0.5) is 0 Å². The fraction of sp³-hybridized carbons (Fsp3) is 0.467. The topological polar surface area (TPSA) is 41.5 Å². The van der Waals surface area contributed by atoms with Gasteiger partial charge in [0.1, 0.15) is 0 Å². The number of nitrogens with one attached hydrogen (secondary N) is 1. The van der Waals surface area contributed by atoms with Gasteiger partial charge in [-0.25, -0.2) is 5.43 Å². The minimum atomic E-state index is -0.121. The smallest absolute Gasteiger partial charge is 0.267 e. The van der Waals surface area contributed by atoms with Gasteiger partial charge in [0.15, 0.2) is 0 Å². The Morgan fingerprint density at radius 3 is 2.78 bits per heavy atom. The van der Waals surface area contributed by atoms with Crippen LogP contribution in [0, 0.1) is 12.8 Å². The van der Waals surface area contributed by atoms with E-state index in [0.29, 0.717) is 11.5 Å². The van der Waals surface area contributed by atoms with Crippen molar-refractivity contribution in [2.24, 2.45) is 11.0 Å². The Morgan fingerprint density at radius 2 is 2.11 bits per heavy atom. The van der Waals surface area contributed by atoms with Gasteiger partial charge in [-0.3, -0.25) is 4.79 Å². The number of carbonyl (C=O) groups is 1. The van der Waals surface area contributed by atoms with Crippen LogP contribution in [0.2, 0.25) is 0 Å². The molecule has 1 aromatic rings. The Hall–Kier alpha value is -1.64. The first-order valence-electron chi connectivity index (χ1n) is 6.64. The van der Waals surface area contributed by atoms with Gasteiger partial charge in [-0.2, -0.15) is 5.10 Å². The highest BCUT2D eigenvalue weighted by molar-refractivity contribution is 5.96. The first kappa shape index (κ1) is 12.8. The van der Waals surface area contributed by atoms with Gasteiger partial charge >= 0.3 is 0 Å². The summed E-state index contributed by atoms with van der Waals surface area (Å²) in [6, 6.07) is 7.53. The molecular weight excluding hydrogens is 224 g/mol. The summed E-state index contributed by atoms with van der Waals surface area (Å²) in [6.45, 7) is 4.18. The van der Waals surface area contributed by atoms with E-state index in [1.54, 1.807) is 0 Å².